The van der Waals surface area contributed by atoms with Gasteiger partial charge in [-0.2, -0.15) is 0 Å². The van der Waals surface area contributed by atoms with Crippen LogP contribution in [0.15, 0.2) is 0 Å². The predicted molar refractivity (Wildman–Crippen MR) is 52.7 cm³/mol. The third kappa shape index (κ3) is 2.28. The Labute approximate surface area is 84.2 Å². The monoisotopic (exact) mass is 189 g/mol. The number of terminal acetylenes is 3. The molecule has 0 spiro atoms. The van der Waals surface area contributed by atoms with Crippen LogP contribution in [-0.4, -0.2) is 25.2 Å². The molecule has 0 aromatic heterocycles. The van der Waals surface area contributed by atoms with Gasteiger partial charge in [0.2, 0.25) is 5.79 Å². The van der Waals surface area contributed by atoms with Gasteiger partial charge in [-0.05, 0) is 0 Å². The second kappa shape index (κ2) is 4.70. The van der Waals surface area contributed by atoms with Crippen molar-refractivity contribution in [3.63, 3.8) is 0 Å². The lowest BCUT2D eigenvalue weighted by Crippen LogP contribution is -2.29. The molecule has 2 unspecified atom stereocenters. The molecule has 0 saturated carbocycles. The summed E-state index contributed by atoms with van der Waals surface area (Å²) in [5, 5.41) is 2.94. The average Bonchev–Trinajstić information content (AvgIpc) is 2.87. The Hall–Kier alpha value is -1.44. The number of rotatable bonds is 5. The Bertz CT molecular complexity index is 318. The van der Waals surface area contributed by atoms with Crippen LogP contribution in [-0.2, 0) is 9.47 Å². The van der Waals surface area contributed by atoms with Crippen molar-refractivity contribution in [1.82, 2.24) is 5.32 Å². The fourth-order valence-electron chi connectivity index (χ4n) is 1.12. The van der Waals surface area contributed by atoms with Gasteiger partial charge in [0.05, 0.1) is 13.0 Å². The van der Waals surface area contributed by atoms with Crippen LogP contribution >= 0.6 is 0 Å². The van der Waals surface area contributed by atoms with Gasteiger partial charge in [0.25, 0.3) is 0 Å². The standard InChI is InChI=1S/C11H11NO2/c1-4-7-11(13-9-6-3)10(14-11)12-8-5-2/h1-3,10,12H,7-9H2. The van der Waals surface area contributed by atoms with Crippen LogP contribution in [0.2, 0.25) is 0 Å². The van der Waals surface area contributed by atoms with Gasteiger partial charge in [0.1, 0.15) is 6.61 Å². The van der Waals surface area contributed by atoms with E-state index in [0.29, 0.717) is 13.0 Å². The second-order valence-electron chi connectivity index (χ2n) is 2.77. The molecule has 2 atom stereocenters. The topological polar surface area (TPSA) is 33.8 Å². The van der Waals surface area contributed by atoms with E-state index in [4.69, 9.17) is 28.7 Å². The van der Waals surface area contributed by atoms with E-state index in [-0.39, 0.29) is 12.8 Å². The zero-order valence-electron chi connectivity index (χ0n) is 7.75. The minimum absolute atomic E-state index is 0.177. The van der Waals surface area contributed by atoms with Gasteiger partial charge in [-0.15, -0.1) is 25.2 Å². The summed E-state index contributed by atoms with van der Waals surface area (Å²) >= 11 is 0. The lowest BCUT2D eigenvalue weighted by molar-refractivity contribution is -0.0232. The molecule has 3 heteroatoms. The maximum Gasteiger partial charge on any atom is 0.222 e. The van der Waals surface area contributed by atoms with E-state index in [1.54, 1.807) is 0 Å². The molecular formula is C11H11NO2. The fourth-order valence-corrected chi connectivity index (χ4v) is 1.12. The molecule has 1 N–H and O–H groups in total. The highest BCUT2D eigenvalue weighted by Gasteiger charge is 2.57. The van der Waals surface area contributed by atoms with Crippen molar-refractivity contribution >= 4 is 0 Å². The molecule has 1 fully saturated rings. The number of hydrogen-bond acceptors (Lipinski definition) is 3. The Balaban J connectivity index is 2.41. The first-order chi connectivity index (χ1) is 6.79. The lowest BCUT2D eigenvalue weighted by Gasteiger charge is -2.08. The highest BCUT2D eigenvalue weighted by molar-refractivity contribution is 5.05. The molecule has 0 aromatic carbocycles. The highest BCUT2D eigenvalue weighted by atomic mass is 16.8. The Kier molecular flexibility index (Phi) is 3.57. The normalized spacial score (nSPS) is 28.5. The summed E-state index contributed by atoms with van der Waals surface area (Å²) in [6, 6.07) is 0. The van der Waals surface area contributed by atoms with Crippen LogP contribution in [0.5, 0.6) is 0 Å². The second-order valence-corrected chi connectivity index (χ2v) is 2.77. The Morgan fingerprint density at radius 2 is 2.07 bits per heavy atom. The van der Waals surface area contributed by atoms with Crippen molar-refractivity contribution in [3.05, 3.63) is 0 Å². The predicted octanol–water partition coefficient (Wildman–Crippen LogP) is -0.0651. The minimum atomic E-state index is -0.766. The molecule has 72 valence electrons. The number of epoxide rings is 1. The smallest absolute Gasteiger partial charge is 0.222 e. The van der Waals surface area contributed by atoms with Gasteiger partial charge in [-0.25, -0.2) is 0 Å². The summed E-state index contributed by atoms with van der Waals surface area (Å²) < 4.78 is 10.6. The molecule has 0 aromatic rings. The van der Waals surface area contributed by atoms with Crippen molar-refractivity contribution in [1.29, 1.82) is 0 Å². The third-order valence-corrected chi connectivity index (χ3v) is 1.80. The molecule has 1 aliphatic rings. The van der Waals surface area contributed by atoms with Gasteiger partial charge in [-0.1, -0.05) is 11.8 Å². The van der Waals surface area contributed by atoms with Crippen molar-refractivity contribution in [2.75, 3.05) is 13.2 Å². The molecule has 1 saturated heterocycles. The SMILES string of the molecule is C#CCNC1OC1(CC#C)OCC#C. The van der Waals surface area contributed by atoms with E-state index >= 15 is 0 Å². The van der Waals surface area contributed by atoms with Crippen LogP contribution in [0.3, 0.4) is 0 Å². The van der Waals surface area contributed by atoms with Gasteiger partial charge < -0.3 is 9.47 Å². The van der Waals surface area contributed by atoms with Crippen LogP contribution in [0.1, 0.15) is 6.42 Å². The number of nitrogens with one attached hydrogen (secondary N) is 1. The Morgan fingerprint density at radius 1 is 1.29 bits per heavy atom. The highest BCUT2D eigenvalue weighted by Crippen LogP contribution is 2.38. The Morgan fingerprint density at radius 3 is 2.64 bits per heavy atom. The summed E-state index contributed by atoms with van der Waals surface area (Å²) in [4.78, 5) is 0. The fraction of sp³-hybridized carbons (Fsp3) is 0.455. The molecule has 14 heavy (non-hydrogen) atoms. The summed E-state index contributed by atoms with van der Waals surface area (Å²) in [7, 11) is 0. The van der Waals surface area contributed by atoms with E-state index in [1.807, 2.05) is 0 Å². The summed E-state index contributed by atoms with van der Waals surface area (Å²) in [5.41, 5.74) is 0. The van der Waals surface area contributed by atoms with E-state index in [0.717, 1.165) is 0 Å². The summed E-state index contributed by atoms with van der Waals surface area (Å²) in [6.45, 7) is 0.590. The van der Waals surface area contributed by atoms with Gasteiger partial charge in [0.15, 0.2) is 6.23 Å². The first-order valence-corrected chi connectivity index (χ1v) is 4.14. The molecule has 1 rings (SSSR count). The zero-order valence-corrected chi connectivity index (χ0v) is 7.75. The maximum atomic E-state index is 5.31. The van der Waals surface area contributed by atoms with Crippen molar-refractivity contribution in [3.8, 4) is 37.0 Å². The average molecular weight is 189 g/mol. The van der Waals surface area contributed by atoms with Crippen molar-refractivity contribution in [2.24, 2.45) is 0 Å². The third-order valence-electron chi connectivity index (χ3n) is 1.80. The van der Waals surface area contributed by atoms with Crippen LogP contribution < -0.4 is 5.32 Å². The van der Waals surface area contributed by atoms with Crippen LogP contribution in [0, 0.1) is 37.0 Å². The quantitative estimate of drug-likeness (QED) is 0.486. The van der Waals surface area contributed by atoms with Gasteiger partial charge in [-0.3, -0.25) is 5.32 Å². The molecule has 0 bridgehead atoms. The zero-order chi connectivity index (χ0) is 10.4. The molecular weight excluding hydrogens is 178 g/mol. The molecule has 3 nitrogen and oxygen atoms in total. The lowest BCUT2D eigenvalue weighted by atomic mass is 10.2. The maximum absolute atomic E-state index is 5.31. The molecule has 1 aliphatic heterocycles. The van der Waals surface area contributed by atoms with E-state index in [9.17, 15) is 0 Å². The van der Waals surface area contributed by atoms with Gasteiger partial charge in [0, 0.05) is 0 Å². The minimum Gasteiger partial charge on any atom is -0.333 e. The first-order valence-electron chi connectivity index (χ1n) is 4.14. The van der Waals surface area contributed by atoms with Crippen LogP contribution in [0.25, 0.3) is 0 Å². The molecule has 0 amide bonds. The van der Waals surface area contributed by atoms with E-state index < -0.39 is 5.79 Å². The first kappa shape index (κ1) is 10.6. The van der Waals surface area contributed by atoms with Crippen molar-refractivity contribution in [2.45, 2.75) is 18.4 Å². The van der Waals surface area contributed by atoms with Crippen LogP contribution in [0.4, 0.5) is 0 Å². The molecule has 0 radical (unpaired) electrons. The van der Waals surface area contributed by atoms with E-state index in [1.165, 1.54) is 0 Å². The van der Waals surface area contributed by atoms with Gasteiger partial charge >= 0.3 is 0 Å². The largest absolute Gasteiger partial charge is 0.333 e. The van der Waals surface area contributed by atoms with E-state index in [2.05, 4.69) is 23.1 Å². The molecule has 0 aliphatic carbocycles. The molecule has 1 heterocycles. The summed E-state index contributed by atoms with van der Waals surface area (Å²) in [6.07, 6.45) is 15.5. The van der Waals surface area contributed by atoms with Crippen molar-refractivity contribution < 1.29 is 9.47 Å². The number of ether oxygens (including phenoxy) is 2. The number of hydrogen-bond donors (Lipinski definition) is 1. The summed E-state index contributed by atoms with van der Waals surface area (Å²) in [5.74, 6) is 6.51.